The number of para-hydroxylation sites is 1. The highest BCUT2D eigenvalue weighted by atomic mass is 35.5. The van der Waals surface area contributed by atoms with Crippen LogP contribution in [0.3, 0.4) is 0 Å². The molecule has 6 nitrogen and oxygen atoms in total. The lowest BCUT2D eigenvalue weighted by Gasteiger charge is -2.29. The highest BCUT2D eigenvalue weighted by Gasteiger charge is 2.13. The summed E-state index contributed by atoms with van der Waals surface area (Å²) >= 11 is 6.29. The summed E-state index contributed by atoms with van der Waals surface area (Å²) in [6.45, 7) is 3.19. The van der Waals surface area contributed by atoms with Gasteiger partial charge in [0.05, 0.1) is 18.9 Å². The third-order valence-electron chi connectivity index (χ3n) is 4.03. The fourth-order valence-electron chi connectivity index (χ4n) is 2.81. The van der Waals surface area contributed by atoms with E-state index in [9.17, 15) is 0 Å². The van der Waals surface area contributed by atoms with Gasteiger partial charge in [0.1, 0.15) is 6.33 Å². The van der Waals surface area contributed by atoms with Gasteiger partial charge in [0, 0.05) is 30.9 Å². The number of halogens is 1. The Morgan fingerprint density at radius 2 is 1.84 bits per heavy atom. The first-order valence-electron chi connectivity index (χ1n) is 8.15. The van der Waals surface area contributed by atoms with E-state index in [1.54, 1.807) is 11.0 Å². The van der Waals surface area contributed by atoms with Gasteiger partial charge in [0.25, 0.3) is 0 Å². The number of morpholine rings is 1. The Morgan fingerprint density at radius 1 is 1.04 bits per heavy atom. The van der Waals surface area contributed by atoms with E-state index in [-0.39, 0.29) is 1.43 Å². The molecule has 0 spiro atoms. The number of anilines is 3. The molecule has 1 fully saturated rings. The lowest BCUT2D eigenvalue weighted by molar-refractivity contribution is 0.122. The van der Waals surface area contributed by atoms with Crippen molar-refractivity contribution in [2.24, 2.45) is 0 Å². The van der Waals surface area contributed by atoms with E-state index in [1.807, 2.05) is 42.5 Å². The Balaban J connectivity index is 0.00000196. The van der Waals surface area contributed by atoms with Gasteiger partial charge in [-0.1, -0.05) is 29.8 Å². The lowest BCUT2D eigenvalue weighted by Crippen LogP contribution is -2.36. The Kier molecular flexibility index (Phi) is 4.54. The molecule has 130 valence electrons. The molecule has 3 aromatic rings. The van der Waals surface area contributed by atoms with Crippen LogP contribution >= 0.6 is 11.6 Å². The minimum Gasteiger partial charge on any atom is -0.378 e. The van der Waals surface area contributed by atoms with Crippen molar-refractivity contribution in [3.63, 3.8) is 0 Å². The number of rotatable bonds is 4. The van der Waals surface area contributed by atoms with E-state index in [0.717, 1.165) is 43.4 Å². The summed E-state index contributed by atoms with van der Waals surface area (Å²) in [6, 6.07) is 15.8. The van der Waals surface area contributed by atoms with Crippen LogP contribution in [0.25, 0.3) is 5.69 Å². The number of aromatic nitrogens is 3. The predicted octanol–water partition coefficient (Wildman–Crippen LogP) is 3.75. The zero-order valence-corrected chi connectivity index (χ0v) is 14.4. The molecule has 1 aliphatic heterocycles. The van der Waals surface area contributed by atoms with E-state index in [0.29, 0.717) is 11.0 Å². The molecule has 0 radical (unpaired) electrons. The summed E-state index contributed by atoms with van der Waals surface area (Å²) < 4.78 is 7.14. The fourth-order valence-corrected chi connectivity index (χ4v) is 3.03. The molecule has 0 unspecified atom stereocenters. The van der Waals surface area contributed by atoms with Gasteiger partial charge in [-0.05, 0) is 30.3 Å². The van der Waals surface area contributed by atoms with Gasteiger partial charge >= 0.3 is 0 Å². The molecule has 2 heterocycles. The van der Waals surface area contributed by atoms with Crippen molar-refractivity contribution in [3.8, 4) is 5.69 Å². The molecule has 1 saturated heterocycles. The third kappa shape index (κ3) is 3.75. The summed E-state index contributed by atoms with van der Waals surface area (Å²) in [5.74, 6) is 0.527. The zero-order chi connectivity index (χ0) is 17.1. The minimum absolute atomic E-state index is 0. The third-order valence-corrected chi connectivity index (χ3v) is 4.25. The van der Waals surface area contributed by atoms with Crippen LogP contribution in [0, 0.1) is 0 Å². The molecule has 0 saturated carbocycles. The average Bonchev–Trinajstić information content (AvgIpc) is 3.11. The SMILES string of the molecule is Clc1cc(Nc2ncn(-c3ccccc3)n2)cc(N2CCOCC2)c1.[HH]. The molecule has 7 heteroatoms. The molecule has 2 aromatic carbocycles. The molecule has 0 aliphatic carbocycles. The van der Waals surface area contributed by atoms with Gasteiger partial charge in [-0.15, -0.1) is 5.10 Å². The van der Waals surface area contributed by atoms with Crippen LogP contribution in [-0.4, -0.2) is 41.1 Å². The highest BCUT2D eigenvalue weighted by Crippen LogP contribution is 2.27. The second-order valence-electron chi connectivity index (χ2n) is 5.77. The van der Waals surface area contributed by atoms with E-state index in [1.165, 1.54) is 0 Å². The second-order valence-corrected chi connectivity index (χ2v) is 6.21. The first kappa shape index (κ1) is 15.9. The van der Waals surface area contributed by atoms with Crippen molar-refractivity contribution in [2.75, 3.05) is 36.5 Å². The van der Waals surface area contributed by atoms with Crippen LogP contribution in [0.5, 0.6) is 0 Å². The van der Waals surface area contributed by atoms with Crippen molar-refractivity contribution in [2.45, 2.75) is 0 Å². The van der Waals surface area contributed by atoms with E-state index in [4.69, 9.17) is 16.3 Å². The summed E-state index contributed by atoms with van der Waals surface area (Å²) in [6.07, 6.45) is 1.69. The Bertz CT molecular complexity index is 852. The standard InChI is InChI=1S/C18H18ClN5O.H2/c19-14-10-15(12-17(11-14)23-6-8-25-9-7-23)21-18-20-13-24(22-18)16-4-2-1-3-5-16;/h1-5,10-13H,6-9H2,(H,21,22);1H. The van der Waals surface area contributed by atoms with Crippen molar-refractivity contribution in [3.05, 3.63) is 59.9 Å². The van der Waals surface area contributed by atoms with E-state index < -0.39 is 0 Å². The molecule has 1 N–H and O–H groups in total. The highest BCUT2D eigenvalue weighted by molar-refractivity contribution is 6.31. The number of ether oxygens (including phenoxy) is 1. The van der Waals surface area contributed by atoms with E-state index in [2.05, 4.69) is 26.4 Å². The summed E-state index contributed by atoms with van der Waals surface area (Å²) in [5, 5.41) is 8.37. The average molecular weight is 358 g/mol. The van der Waals surface area contributed by atoms with Gasteiger partial charge in [-0.2, -0.15) is 4.98 Å². The molecular weight excluding hydrogens is 338 g/mol. The molecule has 25 heavy (non-hydrogen) atoms. The van der Waals surface area contributed by atoms with Crippen LogP contribution in [0.4, 0.5) is 17.3 Å². The Hall–Kier alpha value is -2.57. The lowest BCUT2D eigenvalue weighted by atomic mass is 10.2. The Labute approximate surface area is 152 Å². The second kappa shape index (κ2) is 7.13. The van der Waals surface area contributed by atoms with Crippen LogP contribution in [0.2, 0.25) is 5.02 Å². The first-order valence-corrected chi connectivity index (χ1v) is 8.53. The maximum absolute atomic E-state index is 6.29. The largest absolute Gasteiger partial charge is 0.378 e. The summed E-state index contributed by atoms with van der Waals surface area (Å²) in [5.41, 5.74) is 2.89. The van der Waals surface area contributed by atoms with Gasteiger partial charge in [0.15, 0.2) is 0 Å². The molecule has 0 bridgehead atoms. The molecule has 4 rings (SSSR count). The van der Waals surface area contributed by atoms with Gasteiger partial charge < -0.3 is 15.0 Å². The van der Waals surface area contributed by atoms with Crippen molar-refractivity contribution in [1.29, 1.82) is 0 Å². The molecule has 1 aliphatic rings. The predicted molar refractivity (Wildman–Crippen MR) is 101 cm³/mol. The zero-order valence-electron chi connectivity index (χ0n) is 13.6. The van der Waals surface area contributed by atoms with Gasteiger partial charge in [0.2, 0.25) is 5.95 Å². The first-order chi connectivity index (χ1) is 12.3. The fraction of sp³-hybridized carbons (Fsp3) is 0.222. The normalized spacial score (nSPS) is 14.5. The number of nitrogens with one attached hydrogen (secondary N) is 1. The number of nitrogens with zero attached hydrogens (tertiary/aromatic N) is 4. The quantitative estimate of drug-likeness (QED) is 0.770. The topological polar surface area (TPSA) is 55.2 Å². The molecule has 0 amide bonds. The maximum atomic E-state index is 6.29. The summed E-state index contributed by atoms with van der Waals surface area (Å²) in [4.78, 5) is 6.58. The van der Waals surface area contributed by atoms with Crippen LogP contribution in [-0.2, 0) is 4.74 Å². The molecular formula is C18H20ClN5O. The van der Waals surface area contributed by atoms with Crippen LogP contribution in [0.1, 0.15) is 1.43 Å². The van der Waals surface area contributed by atoms with Gasteiger partial charge in [-0.3, -0.25) is 0 Å². The van der Waals surface area contributed by atoms with Crippen molar-refractivity contribution >= 4 is 28.9 Å². The molecule has 1 aromatic heterocycles. The maximum Gasteiger partial charge on any atom is 0.246 e. The molecule has 0 atom stereocenters. The summed E-state index contributed by atoms with van der Waals surface area (Å²) in [7, 11) is 0. The van der Waals surface area contributed by atoms with Crippen LogP contribution in [0.15, 0.2) is 54.9 Å². The van der Waals surface area contributed by atoms with E-state index >= 15 is 0 Å². The van der Waals surface area contributed by atoms with Crippen molar-refractivity contribution < 1.29 is 6.16 Å². The van der Waals surface area contributed by atoms with Crippen LogP contribution < -0.4 is 10.2 Å². The van der Waals surface area contributed by atoms with Crippen molar-refractivity contribution in [1.82, 2.24) is 14.8 Å². The Morgan fingerprint density at radius 3 is 2.64 bits per heavy atom. The monoisotopic (exact) mass is 357 g/mol. The van der Waals surface area contributed by atoms with Gasteiger partial charge in [-0.25, -0.2) is 4.68 Å². The minimum atomic E-state index is 0. The number of hydrogen-bond acceptors (Lipinski definition) is 5. The smallest absolute Gasteiger partial charge is 0.246 e. The number of benzene rings is 2. The number of hydrogen-bond donors (Lipinski definition) is 1.